The summed E-state index contributed by atoms with van der Waals surface area (Å²) in [5, 5.41) is 3.84. The minimum absolute atomic E-state index is 0.317. The molecule has 1 N–H and O–H groups in total. The standard InChI is InChI=1S/C16H29N3S/c1-4-10-18-15(11-14-12-17-13-20-14)16(19(2)3)8-6-5-7-9-16/h12-13,15,18H,4-11H2,1-3H3. The third-order valence-electron chi connectivity index (χ3n) is 4.79. The topological polar surface area (TPSA) is 28.2 Å². The fraction of sp³-hybridized carbons (Fsp3) is 0.812. The molecule has 1 atom stereocenters. The summed E-state index contributed by atoms with van der Waals surface area (Å²) in [6, 6.07) is 0.540. The molecule has 1 heterocycles. The summed E-state index contributed by atoms with van der Waals surface area (Å²) in [5.41, 5.74) is 2.27. The van der Waals surface area contributed by atoms with E-state index in [2.05, 4.69) is 36.2 Å². The maximum atomic E-state index is 4.25. The number of nitrogens with zero attached hydrogens (tertiary/aromatic N) is 2. The van der Waals surface area contributed by atoms with Crippen LogP contribution in [0.25, 0.3) is 0 Å². The van der Waals surface area contributed by atoms with Crippen molar-refractivity contribution in [3.8, 4) is 0 Å². The van der Waals surface area contributed by atoms with E-state index >= 15 is 0 Å². The molecule has 20 heavy (non-hydrogen) atoms. The van der Waals surface area contributed by atoms with Crippen LogP contribution in [0, 0.1) is 0 Å². The molecule has 4 heteroatoms. The highest BCUT2D eigenvalue weighted by Crippen LogP contribution is 2.36. The first-order valence-electron chi connectivity index (χ1n) is 7.97. The number of nitrogens with one attached hydrogen (secondary N) is 1. The normalized spacial score (nSPS) is 20.2. The Hall–Kier alpha value is -0.450. The number of thiazole rings is 1. The Morgan fingerprint density at radius 1 is 1.35 bits per heavy atom. The van der Waals surface area contributed by atoms with Gasteiger partial charge in [0, 0.05) is 29.1 Å². The Balaban J connectivity index is 2.17. The van der Waals surface area contributed by atoms with Crippen LogP contribution >= 0.6 is 11.3 Å². The second-order valence-electron chi connectivity index (χ2n) is 6.24. The monoisotopic (exact) mass is 295 g/mol. The van der Waals surface area contributed by atoms with Crippen molar-refractivity contribution in [2.24, 2.45) is 0 Å². The van der Waals surface area contributed by atoms with E-state index in [1.54, 1.807) is 11.3 Å². The Bertz CT molecular complexity index is 369. The lowest BCUT2D eigenvalue weighted by Gasteiger charge is -2.49. The third-order valence-corrected chi connectivity index (χ3v) is 5.59. The van der Waals surface area contributed by atoms with Gasteiger partial charge in [-0.1, -0.05) is 26.2 Å². The Labute approximate surface area is 127 Å². The molecule has 1 aromatic heterocycles. The SMILES string of the molecule is CCCNC(Cc1cncs1)C1(N(C)C)CCCCC1. The minimum atomic E-state index is 0.317. The van der Waals surface area contributed by atoms with Crippen LogP contribution in [0.5, 0.6) is 0 Å². The summed E-state index contributed by atoms with van der Waals surface area (Å²) in [6.45, 7) is 3.36. The molecule has 0 saturated heterocycles. The summed E-state index contributed by atoms with van der Waals surface area (Å²) < 4.78 is 0. The van der Waals surface area contributed by atoms with E-state index in [4.69, 9.17) is 0 Å². The highest BCUT2D eigenvalue weighted by Gasteiger charge is 2.41. The minimum Gasteiger partial charge on any atom is -0.312 e. The van der Waals surface area contributed by atoms with Crippen molar-refractivity contribution in [3.63, 3.8) is 0 Å². The van der Waals surface area contributed by atoms with Crippen molar-refractivity contribution >= 4 is 11.3 Å². The van der Waals surface area contributed by atoms with Crippen molar-refractivity contribution in [1.29, 1.82) is 0 Å². The summed E-state index contributed by atoms with van der Waals surface area (Å²) in [4.78, 5) is 8.14. The molecule has 0 bridgehead atoms. The van der Waals surface area contributed by atoms with E-state index in [9.17, 15) is 0 Å². The van der Waals surface area contributed by atoms with E-state index < -0.39 is 0 Å². The third kappa shape index (κ3) is 3.60. The zero-order chi connectivity index (χ0) is 14.4. The first-order chi connectivity index (χ1) is 9.69. The number of hydrogen-bond acceptors (Lipinski definition) is 4. The van der Waals surface area contributed by atoms with Crippen LogP contribution in [0.3, 0.4) is 0 Å². The van der Waals surface area contributed by atoms with Crippen LogP contribution in [0.15, 0.2) is 11.7 Å². The van der Waals surface area contributed by atoms with Crippen LogP contribution in [-0.4, -0.2) is 42.1 Å². The highest BCUT2D eigenvalue weighted by atomic mass is 32.1. The smallest absolute Gasteiger partial charge is 0.0794 e. The van der Waals surface area contributed by atoms with Crippen molar-refractivity contribution in [2.75, 3.05) is 20.6 Å². The van der Waals surface area contributed by atoms with Gasteiger partial charge >= 0.3 is 0 Å². The van der Waals surface area contributed by atoms with E-state index in [1.165, 1.54) is 43.4 Å². The summed E-state index contributed by atoms with van der Waals surface area (Å²) in [6.07, 6.45) is 11.1. The molecule has 1 fully saturated rings. The molecule has 114 valence electrons. The Morgan fingerprint density at radius 3 is 2.65 bits per heavy atom. The van der Waals surface area contributed by atoms with Gasteiger partial charge in [-0.2, -0.15) is 0 Å². The van der Waals surface area contributed by atoms with Gasteiger partial charge in [-0.15, -0.1) is 11.3 Å². The summed E-state index contributed by atoms with van der Waals surface area (Å²) in [5.74, 6) is 0. The van der Waals surface area contributed by atoms with Crippen molar-refractivity contribution in [3.05, 3.63) is 16.6 Å². The van der Waals surface area contributed by atoms with Crippen molar-refractivity contribution < 1.29 is 0 Å². The van der Waals surface area contributed by atoms with Gasteiger partial charge in [0.15, 0.2) is 0 Å². The molecule has 3 nitrogen and oxygen atoms in total. The lowest BCUT2D eigenvalue weighted by atomic mass is 9.74. The number of aromatic nitrogens is 1. The molecule has 0 radical (unpaired) electrons. The first kappa shape index (κ1) is 15.9. The highest BCUT2D eigenvalue weighted by molar-refractivity contribution is 7.09. The average Bonchev–Trinajstić information content (AvgIpc) is 2.97. The van der Waals surface area contributed by atoms with Gasteiger partial charge in [-0.25, -0.2) is 0 Å². The number of rotatable bonds is 7. The van der Waals surface area contributed by atoms with Crippen molar-refractivity contribution in [1.82, 2.24) is 15.2 Å². The van der Waals surface area contributed by atoms with Crippen molar-refractivity contribution in [2.45, 2.75) is 63.5 Å². The Kier molecular flexibility index (Phi) is 6.00. The molecule has 0 aliphatic heterocycles. The zero-order valence-electron chi connectivity index (χ0n) is 13.2. The van der Waals surface area contributed by atoms with Gasteiger partial charge in [-0.3, -0.25) is 4.98 Å². The molecule has 1 aromatic rings. The second kappa shape index (κ2) is 7.53. The molecule has 1 unspecified atom stereocenters. The molecule has 0 amide bonds. The van der Waals surface area contributed by atoms with E-state index in [0.29, 0.717) is 11.6 Å². The van der Waals surface area contributed by atoms with Gasteiger partial charge in [0.2, 0.25) is 0 Å². The van der Waals surface area contributed by atoms with Crippen LogP contribution in [-0.2, 0) is 6.42 Å². The zero-order valence-corrected chi connectivity index (χ0v) is 14.0. The molecule has 1 saturated carbocycles. The Morgan fingerprint density at radius 2 is 2.10 bits per heavy atom. The molecule has 2 rings (SSSR count). The van der Waals surface area contributed by atoms with E-state index in [1.807, 2.05) is 11.7 Å². The maximum absolute atomic E-state index is 4.25. The lowest BCUT2D eigenvalue weighted by Crippen LogP contribution is -2.60. The van der Waals surface area contributed by atoms with Crippen LogP contribution in [0.1, 0.15) is 50.3 Å². The average molecular weight is 295 g/mol. The molecular formula is C16H29N3S. The van der Waals surface area contributed by atoms with Gasteiger partial charge in [-0.05, 0) is 39.9 Å². The lowest BCUT2D eigenvalue weighted by molar-refractivity contribution is 0.0571. The van der Waals surface area contributed by atoms with Crippen LogP contribution in [0.4, 0.5) is 0 Å². The predicted octanol–water partition coefficient (Wildman–Crippen LogP) is 3.32. The number of hydrogen-bond donors (Lipinski definition) is 1. The molecule has 0 aromatic carbocycles. The van der Waals surface area contributed by atoms with E-state index in [0.717, 1.165) is 13.0 Å². The number of likely N-dealkylation sites (N-methyl/N-ethyl adjacent to an activating group) is 1. The van der Waals surface area contributed by atoms with Crippen LogP contribution in [0.2, 0.25) is 0 Å². The van der Waals surface area contributed by atoms with Gasteiger partial charge in [0.25, 0.3) is 0 Å². The van der Waals surface area contributed by atoms with E-state index in [-0.39, 0.29) is 0 Å². The molecule has 0 spiro atoms. The summed E-state index contributed by atoms with van der Waals surface area (Å²) in [7, 11) is 4.53. The maximum Gasteiger partial charge on any atom is 0.0794 e. The van der Waals surface area contributed by atoms with Crippen LogP contribution < -0.4 is 5.32 Å². The second-order valence-corrected chi connectivity index (χ2v) is 7.21. The van der Waals surface area contributed by atoms with Gasteiger partial charge in [0.1, 0.15) is 0 Å². The molecule has 1 aliphatic rings. The quantitative estimate of drug-likeness (QED) is 0.836. The summed E-state index contributed by atoms with van der Waals surface area (Å²) >= 11 is 1.79. The fourth-order valence-corrected chi connectivity index (χ4v) is 4.23. The van der Waals surface area contributed by atoms with Gasteiger partial charge < -0.3 is 10.2 Å². The first-order valence-corrected chi connectivity index (χ1v) is 8.85. The molecular weight excluding hydrogens is 266 g/mol. The predicted molar refractivity (Wildman–Crippen MR) is 87.4 cm³/mol. The fourth-order valence-electron chi connectivity index (χ4n) is 3.59. The van der Waals surface area contributed by atoms with Gasteiger partial charge in [0.05, 0.1) is 5.51 Å². The largest absolute Gasteiger partial charge is 0.312 e. The molecule has 1 aliphatic carbocycles.